The highest BCUT2D eigenvalue weighted by Crippen LogP contribution is 2.19. The maximum atomic E-state index is 11.8. The maximum Gasteiger partial charge on any atom is 0.303 e. The van der Waals surface area contributed by atoms with Crippen LogP contribution in [-0.2, 0) is 23.9 Å². The lowest BCUT2D eigenvalue weighted by Gasteiger charge is -2.26. The topological polar surface area (TPSA) is 84.0 Å². The smallest absolute Gasteiger partial charge is 0.303 e. The summed E-state index contributed by atoms with van der Waals surface area (Å²) in [6.45, 7) is 2.03. The largest absolute Gasteiger partial charge is 0.362 e. The molecule has 1 heterocycles. The summed E-state index contributed by atoms with van der Waals surface area (Å²) in [5.41, 5.74) is 0. The van der Waals surface area contributed by atoms with Gasteiger partial charge in [-0.3, -0.25) is 0 Å². The van der Waals surface area contributed by atoms with Crippen LogP contribution in [0.25, 0.3) is 0 Å². The number of rotatable bonds is 5. The van der Waals surface area contributed by atoms with Crippen molar-refractivity contribution in [1.29, 1.82) is 0 Å². The molecular formula is C8H16N2O5S2. The van der Waals surface area contributed by atoms with Crippen LogP contribution >= 0.6 is 0 Å². The standard InChI is InChI=1S/C8H16N2O5S2/c1-4-8(10-6-5-9(2)7-10)17(13,14)15-16(3,11)12/h5-6,8H,4,7H2,1-3H3. The zero-order valence-electron chi connectivity index (χ0n) is 9.90. The average Bonchev–Trinajstić information content (AvgIpc) is 2.47. The molecule has 0 radical (unpaired) electrons. The summed E-state index contributed by atoms with van der Waals surface area (Å²) in [6.07, 6.45) is 4.25. The highest BCUT2D eigenvalue weighted by molar-refractivity contribution is 7.99. The lowest BCUT2D eigenvalue weighted by atomic mass is 10.4. The van der Waals surface area contributed by atoms with E-state index in [4.69, 9.17) is 0 Å². The first-order valence-electron chi connectivity index (χ1n) is 4.95. The summed E-state index contributed by atoms with van der Waals surface area (Å²) in [5, 5.41) is -1.00. The van der Waals surface area contributed by atoms with Crippen LogP contribution in [0.15, 0.2) is 12.4 Å². The van der Waals surface area contributed by atoms with Crippen LogP contribution < -0.4 is 0 Å². The lowest BCUT2D eigenvalue weighted by Crippen LogP contribution is -2.40. The van der Waals surface area contributed by atoms with Gasteiger partial charge in [0.25, 0.3) is 10.1 Å². The van der Waals surface area contributed by atoms with Crippen LogP contribution in [0.5, 0.6) is 0 Å². The summed E-state index contributed by atoms with van der Waals surface area (Å²) in [6, 6.07) is 0. The van der Waals surface area contributed by atoms with Crippen LogP contribution in [0.3, 0.4) is 0 Å². The molecule has 9 heteroatoms. The van der Waals surface area contributed by atoms with Gasteiger partial charge in [0.05, 0.1) is 12.9 Å². The van der Waals surface area contributed by atoms with Crippen LogP contribution in [0, 0.1) is 0 Å². The molecule has 1 unspecified atom stereocenters. The monoisotopic (exact) mass is 284 g/mol. The molecule has 1 rings (SSSR count). The van der Waals surface area contributed by atoms with Crippen molar-refractivity contribution in [3.05, 3.63) is 12.4 Å². The van der Waals surface area contributed by atoms with Crippen molar-refractivity contribution in [2.24, 2.45) is 0 Å². The molecule has 1 aliphatic heterocycles. The van der Waals surface area contributed by atoms with Crippen molar-refractivity contribution < 1.29 is 20.5 Å². The third-order valence-electron chi connectivity index (χ3n) is 2.17. The van der Waals surface area contributed by atoms with E-state index in [9.17, 15) is 16.8 Å². The molecule has 0 saturated heterocycles. The Morgan fingerprint density at radius 1 is 1.29 bits per heavy atom. The molecule has 0 aliphatic carbocycles. The van der Waals surface area contributed by atoms with E-state index >= 15 is 0 Å². The van der Waals surface area contributed by atoms with Gasteiger partial charge in [0.2, 0.25) is 0 Å². The molecule has 0 N–H and O–H groups in total. The van der Waals surface area contributed by atoms with Crippen molar-refractivity contribution in [3.63, 3.8) is 0 Å². The van der Waals surface area contributed by atoms with Gasteiger partial charge in [-0.15, -0.1) is 3.63 Å². The van der Waals surface area contributed by atoms with Gasteiger partial charge in [-0.05, 0) is 6.42 Å². The Morgan fingerprint density at radius 3 is 2.24 bits per heavy atom. The average molecular weight is 284 g/mol. The predicted octanol–water partition coefficient (Wildman–Crippen LogP) is -0.295. The molecule has 0 aromatic heterocycles. The fourth-order valence-corrected chi connectivity index (χ4v) is 4.18. The highest BCUT2D eigenvalue weighted by atomic mass is 32.3. The molecule has 0 saturated carbocycles. The first kappa shape index (κ1) is 14.3. The van der Waals surface area contributed by atoms with Gasteiger partial charge < -0.3 is 9.80 Å². The van der Waals surface area contributed by atoms with E-state index in [0.29, 0.717) is 12.9 Å². The molecule has 1 atom stereocenters. The van der Waals surface area contributed by atoms with Crippen LogP contribution in [0.1, 0.15) is 13.3 Å². The Morgan fingerprint density at radius 2 is 1.88 bits per heavy atom. The zero-order valence-corrected chi connectivity index (χ0v) is 11.5. The third-order valence-corrected chi connectivity index (χ3v) is 5.19. The second-order valence-electron chi connectivity index (χ2n) is 3.84. The Bertz CT molecular complexity index is 496. The minimum absolute atomic E-state index is 0.232. The van der Waals surface area contributed by atoms with E-state index in [1.165, 1.54) is 4.90 Å². The maximum absolute atomic E-state index is 11.8. The lowest BCUT2D eigenvalue weighted by molar-refractivity contribution is 0.262. The highest BCUT2D eigenvalue weighted by Gasteiger charge is 2.34. The van der Waals surface area contributed by atoms with Gasteiger partial charge in [0, 0.05) is 19.4 Å². The summed E-state index contributed by atoms with van der Waals surface area (Å²) in [7, 11) is -6.42. The molecule has 1 aliphatic rings. The SMILES string of the molecule is CCC(N1C=CN(C)C1)S(=O)(=O)OS(C)(=O)=O. The zero-order chi connectivity index (χ0) is 13.3. The van der Waals surface area contributed by atoms with E-state index in [-0.39, 0.29) is 6.42 Å². The van der Waals surface area contributed by atoms with E-state index in [1.807, 2.05) is 0 Å². The molecule has 7 nitrogen and oxygen atoms in total. The van der Waals surface area contributed by atoms with Crippen LogP contribution in [0.4, 0.5) is 0 Å². The first-order valence-corrected chi connectivity index (χ1v) is 8.23. The normalized spacial score (nSPS) is 18.8. The van der Waals surface area contributed by atoms with E-state index < -0.39 is 25.6 Å². The minimum atomic E-state index is -4.18. The van der Waals surface area contributed by atoms with Crippen molar-refractivity contribution >= 4 is 20.2 Å². The van der Waals surface area contributed by atoms with Crippen molar-refractivity contribution in [1.82, 2.24) is 9.80 Å². The molecule has 0 aromatic rings. The third kappa shape index (κ3) is 3.86. The van der Waals surface area contributed by atoms with Gasteiger partial charge in [-0.2, -0.15) is 16.8 Å². The summed E-state index contributed by atoms with van der Waals surface area (Å²) >= 11 is 0. The van der Waals surface area contributed by atoms with Crippen LogP contribution in [0.2, 0.25) is 0 Å². The molecule has 0 fully saturated rings. The van der Waals surface area contributed by atoms with E-state index in [1.54, 1.807) is 31.3 Å². The fourth-order valence-electron chi connectivity index (χ4n) is 1.56. The molecule has 0 bridgehead atoms. The summed E-state index contributed by atoms with van der Waals surface area (Å²) < 4.78 is 49.5. The van der Waals surface area contributed by atoms with Crippen LogP contribution in [-0.4, -0.2) is 52.0 Å². The van der Waals surface area contributed by atoms with Gasteiger partial charge in [0.1, 0.15) is 0 Å². The molecule has 0 amide bonds. The van der Waals surface area contributed by atoms with Gasteiger partial charge >= 0.3 is 10.1 Å². The Hall–Kier alpha value is -0.800. The Balaban J connectivity index is 2.91. The van der Waals surface area contributed by atoms with Crippen molar-refractivity contribution in [3.8, 4) is 0 Å². The van der Waals surface area contributed by atoms with Gasteiger partial charge in [0.15, 0.2) is 5.37 Å². The molecule has 0 spiro atoms. The molecule has 0 aromatic carbocycles. The first-order chi connectivity index (χ1) is 7.65. The van der Waals surface area contributed by atoms with Crippen molar-refractivity contribution in [2.75, 3.05) is 20.0 Å². The van der Waals surface area contributed by atoms with E-state index in [0.717, 1.165) is 0 Å². The minimum Gasteiger partial charge on any atom is -0.362 e. The Labute approximate surface area is 102 Å². The summed E-state index contributed by atoms with van der Waals surface area (Å²) in [4.78, 5) is 3.29. The van der Waals surface area contributed by atoms with Gasteiger partial charge in [-0.25, -0.2) is 0 Å². The number of hydrogen-bond donors (Lipinski definition) is 0. The van der Waals surface area contributed by atoms with Crippen molar-refractivity contribution in [2.45, 2.75) is 18.7 Å². The van der Waals surface area contributed by atoms with Gasteiger partial charge in [-0.1, -0.05) is 6.92 Å². The number of nitrogens with zero attached hydrogens (tertiary/aromatic N) is 2. The fraction of sp³-hybridized carbons (Fsp3) is 0.750. The number of hydrogen-bond acceptors (Lipinski definition) is 7. The second kappa shape index (κ2) is 4.83. The van der Waals surface area contributed by atoms with E-state index in [2.05, 4.69) is 3.63 Å². The molecule has 17 heavy (non-hydrogen) atoms. The predicted molar refractivity (Wildman–Crippen MR) is 62.5 cm³/mol. The second-order valence-corrected chi connectivity index (χ2v) is 7.32. The summed E-state index contributed by atoms with van der Waals surface area (Å²) in [5.74, 6) is 0. The molecule has 100 valence electrons. The quantitative estimate of drug-likeness (QED) is 0.685. The molecular weight excluding hydrogens is 268 g/mol. The Kier molecular flexibility index (Phi) is 4.05.